The SMILES string of the molecule is FC1(F)C(Nc2ccccc2)=C(C2=C(Nc3ccccc3)C(F)(F)C2(F)F)C1(F)F. The van der Waals surface area contributed by atoms with Gasteiger partial charge in [-0.3, -0.25) is 0 Å². The summed E-state index contributed by atoms with van der Waals surface area (Å²) in [5, 5.41) is 3.96. The van der Waals surface area contributed by atoms with Crippen molar-refractivity contribution in [1.82, 2.24) is 0 Å². The first-order valence-corrected chi connectivity index (χ1v) is 8.58. The second-order valence-electron chi connectivity index (χ2n) is 6.78. The van der Waals surface area contributed by atoms with Crippen LogP contribution in [0.15, 0.2) is 83.2 Å². The molecule has 0 saturated carbocycles. The van der Waals surface area contributed by atoms with E-state index in [1.165, 1.54) is 60.7 Å². The molecule has 0 aliphatic heterocycles. The van der Waals surface area contributed by atoms with Gasteiger partial charge in [0.25, 0.3) is 0 Å². The van der Waals surface area contributed by atoms with Gasteiger partial charge in [-0.1, -0.05) is 36.4 Å². The topological polar surface area (TPSA) is 24.1 Å². The van der Waals surface area contributed by atoms with Gasteiger partial charge in [0.15, 0.2) is 0 Å². The fraction of sp³-hybridized carbons (Fsp3) is 0.200. The largest absolute Gasteiger partial charge is 0.354 e. The van der Waals surface area contributed by atoms with E-state index >= 15 is 0 Å². The zero-order valence-electron chi connectivity index (χ0n) is 14.8. The Balaban J connectivity index is 1.88. The fourth-order valence-corrected chi connectivity index (χ4v) is 3.31. The van der Waals surface area contributed by atoms with Gasteiger partial charge in [-0.15, -0.1) is 0 Å². The van der Waals surface area contributed by atoms with Crippen LogP contribution in [-0.4, -0.2) is 23.7 Å². The molecule has 0 bridgehead atoms. The van der Waals surface area contributed by atoms with Gasteiger partial charge in [-0.25, -0.2) is 0 Å². The summed E-state index contributed by atoms with van der Waals surface area (Å²) < 4.78 is 113. The molecule has 158 valence electrons. The molecule has 2 N–H and O–H groups in total. The second kappa shape index (κ2) is 6.23. The molecule has 0 aromatic heterocycles. The normalized spacial score (nSPS) is 22.8. The molecule has 30 heavy (non-hydrogen) atoms. The maximum absolute atomic E-state index is 14.2. The predicted octanol–water partition coefficient (Wildman–Crippen LogP) is 6.29. The summed E-state index contributed by atoms with van der Waals surface area (Å²) in [5.74, 6) is -19.8. The summed E-state index contributed by atoms with van der Waals surface area (Å²) in [4.78, 5) is 0. The van der Waals surface area contributed by atoms with Gasteiger partial charge in [0.05, 0.1) is 11.1 Å². The maximum atomic E-state index is 14.2. The molecule has 2 aliphatic rings. The van der Waals surface area contributed by atoms with Crippen molar-refractivity contribution in [2.75, 3.05) is 10.6 Å². The van der Waals surface area contributed by atoms with Crippen molar-refractivity contribution < 1.29 is 35.1 Å². The lowest BCUT2D eigenvalue weighted by Gasteiger charge is -2.49. The Morgan fingerprint density at radius 1 is 0.433 bits per heavy atom. The lowest BCUT2D eigenvalue weighted by Crippen LogP contribution is -2.64. The van der Waals surface area contributed by atoms with E-state index < -0.39 is 46.2 Å². The molecule has 2 aromatic carbocycles. The number of nitrogens with one attached hydrogen (secondary N) is 2. The van der Waals surface area contributed by atoms with Crippen LogP contribution in [0, 0.1) is 0 Å². The first kappa shape index (κ1) is 20.2. The Morgan fingerprint density at radius 3 is 1.03 bits per heavy atom. The van der Waals surface area contributed by atoms with Crippen LogP contribution in [0.4, 0.5) is 46.5 Å². The van der Waals surface area contributed by atoms with E-state index in [9.17, 15) is 35.1 Å². The minimum absolute atomic E-state index is 0.0901. The molecular weight excluding hydrogens is 420 g/mol. The van der Waals surface area contributed by atoms with Crippen LogP contribution in [-0.2, 0) is 0 Å². The quantitative estimate of drug-likeness (QED) is 0.543. The van der Waals surface area contributed by atoms with Crippen LogP contribution >= 0.6 is 0 Å². The van der Waals surface area contributed by atoms with Gasteiger partial charge >= 0.3 is 23.7 Å². The molecule has 0 spiro atoms. The van der Waals surface area contributed by atoms with Crippen molar-refractivity contribution >= 4 is 11.4 Å². The summed E-state index contributed by atoms with van der Waals surface area (Å²) >= 11 is 0. The zero-order chi connectivity index (χ0) is 21.9. The molecule has 0 amide bonds. The van der Waals surface area contributed by atoms with Gasteiger partial charge in [0, 0.05) is 11.4 Å². The number of benzene rings is 2. The third-order valence-electron chi connectivity index (χ3n) is 4.88. The molecular formula is C20H12F8N2. The lowest BCUT2D eigenvalue weighted by atomic mass is 9.70. The molecule has 4 rings (SSSR count). The third kappa shape index (κ3) is 2.55. The smallest absolute Gasteiger partial charge is 0.353 e. The average molecular weight is 432 g/mol. The maximum Gasteiger partial charge on any atom is 0.354 e. The van der Waals surface area contributed by atoms with E-state index in [0.29, 0.717) is 0 Å². The van der Waals surface area contributed by atoms with Crippen LogP contribution in [0.5, 0.6) is 0 Å². The highest BCUT2D eigenvalue weighted by Gasteiger charge is 2.81. The molecule has 2 aliphatic carbocycles. The van der Waals surface area contributed by atoms with Gasteiger partial charge in [-0.05, 0) is 24.3 Å². The number of rotatable bonds is 5. The van der Waals surface area contributed by atoms with Crippen LogP contribution in [0.1, 0.15) is 0 Å². The van der Waals surface area contributed by atoms with Gasteiger partial charge in [-0.2, -0.15) is 35.1 Å². The van der Waals surface area contributed by atoms with Crippen molar-refractivity contribution in [1.29, 1.82) is 0 Å². The molecule has 2 nitrogen and oxygen atoms in total. The van der Waals surface area contributed by atoms with Crippen LogP contribution in [0.3, 0.4) is 0 Å². The number of allylic oxidation sites excluding steroid dienone is 4. The number of alkyl halides is 8. The Bertz CT molecular complexity index is 957. The third-order valence-corrected chi connectivity index (χ3v) is 4.88. The Kier molecular flexibility index (Phi) is 4.20. The van der Waals surface area contributed by atoms with E-state index in [0.717, 1.165) is 0 Å². The lowest BCUT2D eigenvalue weighted by molar-refractivity contribution is -0.212. The molecule has 2 aromatic rings. The predicted molar refractivity (Wildman–Crippen MR) is 94.0 cm³/mol. The standard InChI is InChI=1S/C20H12F8N2/c21-17(22)13(15(19(17,25)26)29-11-7-3-1-4-8-11)14-16(20(27,28)18(14,23)24)30-12-9-5-2-6-10-12/h1-10,29-30H. The number of anilines is 2. The second-order valence-corrected chi connectivity index (χ2v) is 6.78. The van der Waals surface area contributed by atoms with Gasteiger partial charge < -0.3 is 10.6 Å². The molecule has 0 fully saturated rings. The van der Waals surface area contributed by atoms with Gasteiger partial charge in [0.1, 0.15) is 11.4 Å². The van der Waals surface area contributed by atoms with E-state index in [1.54, 1.807) is 0 Å². The summed E-state index contributed by atoms with van der Waals surface area (Å²) in [6.45, 7) is 0. The molecule has 0 unspecified atom stereocenters. The molecule has 0 radical (unpaired) electrons. The van der Waals surface area contributed by atoms with Gasteiger partial charge in [0.2, 0.25) is 0 Å². The Hall–Kier alpha value is -3.04. The van der Waals surface area contributed by atoms with Crippen molar-refractivity contribution in [3.63, 3.8) is 0 Å². The first-order valence-electron chi connectivity index (χ1n) is 8.58. The summed E-state index contributed by atoms with van der Waals surface area (Å²) in [6.07, 6.45) is 0. The van der Waals surface area contributed by atoms with E-state index in [1.807, 2.05) is 10.6 Å². The number of para-hydroxylation sites is 2. The monoisotopic (exact) mass is 432 g/mol. The van der Waals surface area contributed by atoms with E-state index in [-0.39, 0.29) is 11.4 Å². The van der Waals surface area contributed by atoms with Crippen molar-refractivity contribution in [2.24, 2.45) is 0 Å². The van der Waals surface area contributed by atoms with E-state index in [2.05, 4.69) is 0 Å². The van der Waals surface area contributed by atoms with E-state index in [4.69, 9.17) is 0 Å². The highest BCUT2D eigenvalue weighted by molar-refractivity contribution is 5.71. The summed E-state index contributed by atoms with van der Waals surface area (Å²) in [7, 11) is 0. The van der Waals surface area contributed by atoms with Crippen LogP contribution in [0.2, 0.25) is 0 Å². The number of hydrogen-bond acceptors (Lipinski definition) is 2. The molecule has 0 heterocycles. The summed E-state index contributed by atoms with van der Waals surface area (Å²) in [6, 6.07) is 13.6. The first-order chi connectivity index (χ1) is 13.9. The molecule has 0 atom stereocenters. The summed E-state index contributed by atoms with van der Waals surface area (Å²) in [5.41, 5.74) is -6.95. The fourth-order valence-electron chi connectivity index (χ4n) is 3.31. The number of hydrogen-bond donors (Lipinski definition) is 2. The van der Waals surface area contributed by atoms with Crippen molar-refractivity contribution in [3.8, 4) is 0 Å². The molecule has 10 heteroatoms. The Labute approximate surface area is 164 Å². The van der Waals surface area contributed by atoms with Crippen LogP contribution in [0.25, 0.3) is 0 Å². The highest BCUT2D eigenvalue weighted by Crippen LogP contribution is 2.66. The van der Waals surface area contributed by atoms with Crippen molar-refractivity contribution in [2.45, 2.75) is 23.7 Å². The average Bonchev–Trinajstić information content (AvgIpc) is 2.70. The minimum Gasteiger partial charge on any atom is -0.353 e. The number of halogens is 8. The van der Waals surface area contributed by atoms with Crippen LogP contribution < -0.4 is 10.6 Å². The highest BCUT2D eigenvalue weighted by atomic mass is 19.3. The zero-order valence-corrected chi connectivity index (χ0v) is 14.8. The van der Waals surface area contributed by atoms with Crippen molar-refractivity contribution in [3.05, 3.63) is 83.2 Å². The molecule has 0 saturated heterocycles. The minimum atomic E-state index is -5.07. The Morgan fingerprint density at radius 2 is 0.733 bits per heavy atom.